The van der Waals surface area contributed by atoms with Crippen molar-refractivity contribution in [3.63, 3.8) is 0 Å². The summed E-state index contributed by atoms with van der Waals surface area (Å²) >= 11 is 0. The lowest BCUT2D eigenvalue weighted by Crippen LogP contribution is -2.34. The van der Waals surface area contributed by atoms with Crippen molar-refractivity contribution in [3.8, 4) is 0 Å². The Hall–Kier alpha value is -1.85. The van der Waals surface area contributed by atoms with Gasteiger partial charge in [-0.2, -0.15) is 0 Å². The second-order valence-electron chi connectivity index (χ2n) is 4.67. The van der Waals surface area contributed by atoms with E-state index in [2.05, 4.69) is 16.8 Å². The van der Waals surface area contributed by atoms with Gasteiger partial charge in [0.15, 0.2) is 0 Å². The van der Waals surface area contributed by atoms with Crippen molar-refractivity contribution in [1.29, 1.82) is 0 Å². The summed E-state index contributed by atoms with van der Waals surface area (Å²) in [4.78, 5) is 16.4. The minimum absolute atomic E-state index is 0.00452. The van der Waals surface area contributed by atoms with E-state index in [9.17, 15) is 10.1 Å². The molecule has 6 nitrogen and oxygen atoms in total. The van der Waals surface area contributed by atoms with Crippen LogP contribution < -0.4 is 10.6 Å². The van der Waals surface area contributed by atoms with E-state index in [1.807, 2.05) is 0 Å². The lowest BCUT2D eigenvalue weighted by Gasteiger charge is -2.32. The van der Waals surface area contributed by atoms with Crippen LogP contribution in [0.4, 0.5) is 17.3 Å². The maximum absolute atomic E-state index is 10.7. The summed E-state index contributed by atoms with van der Waals surface area (Å²) in [6, 6.07) is 3.12. The lowest BCUT2D eigenvalue weighted by molar-refractivity contribution is -0.384. The van der Waals surface area contributed by atoms with E-state index in [0.717, 1.165) is 37.7 Å². The smallest absolute Gasteiger partial charge is 0.311 e. The minimum atomic E-state index is -0.505. The van der Waals surface area contributed by atoms with E-state index in [1.54, 1.807) is 6.07 Å². The van der Waals surface area contributed by atoms with Gasteiger partial charge in [0.25, 0.3) is 0 Å². The van der Waals surface area contributed by atoms with Crippen molar-refractivity contribution in [2.45, 2.75) is 26.2 Å². The number of hydrogen-bond donors (Lipinski definition) is 1. The van der Waals surface area contributed by atoms with Gasteiger partial charge in [-0.25, -0.2) is 4.98 Å². The molecule has 0 aromatic carbocycles. The second kappa shape index (κ2) is 5.20. The Labute approximate surface area is 106 Å². The van der Waals surface area contributed by atoms with Gasteiger partial charge in [0, 0.05) is 19.2 Å². The van der Waals surface area contributed by atoms with Gasteiger partial charge in [0.05, 0.1) is 4.92 Å². The summed E-state index contributed by atoms with van der Waals surface area (Å²) in [7, 11) is 0. The summed E-state index contributed by atoms with van der Waals surface area (Å²) in [5, 5.41) is 10.7. The van der Waals surface area contributed by atoms with E-state index < -0.39 is 4.92 Å². The summed E-state index contributed by atoms with van der Waals surface area (Å²) in [6.07, 6.45) is 3.51. The van der Waals surface area contributed by atoms with Gasteiger partial charge in [-0.05, 0) is 24.8 Å². The first-order valence-electron chi connectivity index (χ1n) is 6.27. The Kier molecular flexibility index (Phi) is 3.64. The molecule has 2 heterocycles. The molecule has 0 bridgehead atoms. The number of pyridine rings is 1. The Balaban J connectivity index is 2.11. The number of nitro groups is 1. The quantitative estimate of drug-likeness (QED) is 0.656. The zero-order chi connectivity index (χ0) is 13.1. The molecular weight excluding hydrogens is 232 g/mol. The molecule has 1 fully saturated rings. The molecule has 1 saturated heterocycles. The normalized spacial score (nSPS) is 16.8. The van der Waals surface area contributed by atoms with Crippen molar-refractivity contribution in [2.75, 3.05) is 23.7 Å². The molecule has 98 valence electrons. The van der Waals surface area contributed by atoms with Crippen LogP contribution in [-0.2, 0) is 0 Å². The van der Waals surface area contributed by atoms with Crippen LogP contribution >= 0.6 is 0 Å². The Morgan fingerprint density at radius 1 is 1.50 bits per heavy atom. The fourth-order valence-electron chi connectivity index (χ4n) is 2.36. The van der Waals surface area contributed by atoms with Gasteiger partial charge in [0.1, 0.15) is 5.82 Å². The van der Waals surface area contributed by atoms with Gasteiger partial charge >= 0.3 is 5.69 Å². The minimum Gasteiger partial charge on any atom is -0.378 e. The van der Waals surface area contributed by atoms with E-state index in [0.29, 0.717) is 0 Å². The largest absolute Gasteiger partial charge is 0.378 e. The summed E-state index contributed by atoms with van der Waals surface area (Å²) in [6.45, 7) is 4.11. The van der Waals surface area contributed by atoms with E-state index >= 15 is 0 Å². The zero-order valence-electron chi connectivity index (χ0n) is 10.5. The average molecular weight is 250 g/mol. The van der Waals surface area contributed by atoms with Crippen LogP contribution in [-0.4, -0.2) is 23.0 Å². The predicted molar refractivity (Wildman–Crippen MR) is 70.5 cm³/mol. The van der Waals surface area contributed by atoms with Crippen molar-refractivity contribution >= 4 is 17.3 Å². The highest BCUT2D eigenvalue weighted by atomic mass is 16.6. The van der Waals surface area contributed by atoms with Crippen LogP contribution in [0.25, 0.3) is 0 Å². The van der Waals surface area contributed by atoms with Crippen LogP contribution in [0, 0.1) is 16.0 Å². The first-order chi connectivity index (χ1) is 8.61. The Bertz CT molecular complexity index is 442. The molecule has 2 N–H and O–H groups in total. The SMILES string of the molecule is CCC1CCN(c2ccc([N+](=O)[O-])c(N)n2)CC1. The van der Waals surface area contributed by atoms with Gasteiger partial charge in [-0.3, -0.25) is 10.1 Å². The van der Waals surface area contributed by atoms with E-state index in [1.165, 1.54) is 12.5 Å². The number of rotatable bonds is 3. The molecule has 0 aliphatic carbocycles. The van der Waals surface area contributed by atoms with Crippen LogP contribution in [0.3, 0.4) is 0 Å². The zero-order valence-corrected chi connectivity index (χ0v) is 10.5. The Morgan fingerprint density at radius 2 is 2.17 bits per heavy atom. The van der Waals surface area contributed by atoms with Crippen LogP contribution in [0.15, 0.2) is 12.1 Å². The van der Waals surface area contributed by atoms with Gasteiger partial charge in [-0.15, -0.1) is 0 Å². The molecule has 18 heavy (non-hydrogen) atoms. The average Bonchev–Trinajstić information content (AvgIpc) is 2.38. The number of anilines is 2. The third kappa shape index (κ3) is 2.52. The highest BCUT2D eigenvalue weighted by Gasteiger charge is 2.21. The molecule has 2 rings (SSSR count). The Morgan fingerprint density at radius 3 is 2.67 bits per heavy atom. The van der Waals surface area contributed by atoms with Crippen molar-refractivity contribution in [2.24, 2.45) is 5.92 Å². The molecule has 6 heteroatoms. The monoisotopic (exact) mass is 250 g/mol. The number of hydrogen-bond acceptors (Lipinski definition) is 5. The molecular formula is C12H18N4O2. The number of nitrogens with two attached hydrogens (primary N) is 1. The van der Waals surface area contributed by atoms with Gasteiger partial charge in [0.2, 0.25) is 5.82 Å². The molecule has 0 spiro atoms. The van der Waals surface area contributed by atoms with Crippen molar-refractivity contribution < 1.29 is 4.92 Å². The second-order valence-corrected chi connectivity index (χ2v) is 4.67. The van der Waals surface area contributed by atoms with Gasteiger partial charge < -0.3 is 10.6 Å². The fourth-order valence-corrected chi connectivity index (χ4v) is 2.36. The maximum atomic E-state index is 10.7. The van der Waals surface area contributed by atoms with Crippen molar-refractivity contribution in [1.82, 2.24) is 4.98 Å². The third-order valence-electron chi connectivity index (χ3n) is 3.60. The molecule has 0 amide bonds. The first-order valence-corrected chi connectivity index (χ1v) is 6.27. The highest BCUT2D eigenvalue weighted by Crippen LogP contribution is 2.27. The molecule has 0 radical (unpaired) electrons. The molecule has 1 aliphatic heterocycles. The molecule has 1 aromatic rings. The summed E-state index contributed by atoms with van der Waals surface area (Å²) in [5.41, 5.74) is 5.48. The number of piperidine rings is 1. The van der Waals surface area contributed by atoms with Crippen LogP contribution in [0.1, 0.15) is 26.2 Å². The molecule has 1 aliphatic rings. The standard InChI is InChI=1S/C12H18N4O2/c1-2-9-5-7-15(8-6-9)11-4-3-10(16(17)18)12(13)14-11/h3-4,9H,2,5-8H2,1H3,(H2,13,14). The van der Waals surface area contributed by atoms with E-state index in [-0.39, 0.29) is 11.5 Å². The lowest BCUT2D eigenvalue weighted by atomic mass is 9.94. The fraction of sp³-hybridized carbons (Fsp3) is 0.583. The van der Waals surface area contributed by atoms with Gasteiger partial charge in [-0.1, -0.05) is 13.3 Å². The van der Waals surface area contributed by atoms with Crippen LogP contribution in [0.2, 0.25) is 0 Å². The highest BCUT2D eigenvalue weighted by molar-refractivity contribution is 5.58. The van der Waals surface area contributed by atoms with Crippen molar-refractivity contribution in [3.05, 3.63) is 22.2 Å². The van der Waals surface area contributed by atoms with E-state index in [4.69, 9.17) is 5.73 Å². The summed E-state index contributed by atoms with van der Waals surface area (Å²) < 4.78 is 0. The number of nitrogens with zero attached hydrogens (tertiary/aromatic N) is 3. The maximum Gasteiger partial charge on any atom is 0.311 e. The summed E-state index contributed by atoms with van der Waals surface area (Å²) in [5.74, 6) is 1.53. The topological polar surface area (TPSA) is 85.3 Å². The number of aromatic nitrogens is 1. The van der Waals surface area contributed by atoms with Crippen LogP contribution in [0.5, 0.6) is 0 Å². The number of nitrogen functional groups attached to an aromatic ring is 1. The molecule has 0 unspecified atom stereocenters. The predicted octanol–water partition coefficient (Wildman–Crippen LogP) is 2.20. The molecule has 1 aromatic heterocycles. The third-order valence-corrected chi connectivity index (χ3v) is 3.60. The first kappa shape index (κ1) is 12.6. The molecule has 0 atom stereocenters. The molecule has 0 saturated carbocycles.